The monoisotopic (exact) mass is 263 g/mol. The highest BCUT2D eigenvalue weighted by molar-refractivity contribution is 7.99. The summed E-state index contributed by atoms with van der Waals surface area (Å²) < 4.78 is 5.20. The number of aromatic nitrogens is 2. The molecule has 1 atom stereocenters. The van der Waals surface area contributed by atoms with E-state index in [-0.39, 0.29) is 6.04 Å². The maximum atomic E-state index is 5.94. The fourth-order valence-corrected chi connectivity index (χ4v) is 2.34. The molecule has 0 saturated heterocycles. The van der Waals surface area contributed by atoms with E-state index in [0.717, 1.165) is 23.4 Å². The van der Waals surface area contributed by atoms with Gasteiger partial charge in [-0.1, -0.05) is 13.0 Å². The van der Waals surface area contributed by atoms with Crippen LogP contribution in [0.4, 0.5) is 0 Å². The van der Waals surface area contributed by atoms with E-state index in [4.69, 9.17) is 10.2 Å². The Labute approximate surface area is 111 Å². The van der Waals surface area contributed by atoms with Gasteiger partial charge in [0.15, 0.2) is 0 Å². The lowest BCUT2D eigenvalue weighted by Gasteiger charge is -2.10. The number of pyridine rings is 1. The average molecular weight is 263 g/mol. The minimum absolute atomic E-state index is 0.205. The molecule has 0 saturated carbocycles. The Kier molecular flexibility index (Phi) is 4.38. The number of nitrogens with two attached hydrogens (primary N) is 1. The molecule has 0 spiro atoms. The van der Waals surface area contributed by atoms with E-state index in [1.807, 2.05) is 13.1 Å². The van der Waals surface area contributed by atoms with E-state index < -0.39 is 0 Å². The number of hydrogen-bond donors (Lipinski definition) is 1. The molecule has 2 rings (SSSR count). The van der Waals surface area contributed by atoms with Crippen LogP contribution in [0.1, 0.15) is 24.5 Å². The molecule has 0 bridgehead atoms. The van der Waals surface area contributed by atoms with Crippen molar-refractivity contribution < 1.29 is 4.42 Å². The number of aryl methyl sites for hydroxylation is 1. The van der Waals surface area contributed by atoms with Crippen molar-refractivity contribution in [1.29, 1.82) is 0 Å². The van der Waals surface area contributed by atoms with E-state index in [2.05, 4.69) is 23.0 Å². The summed E-state index contributed by atoms with van der Waals surface area (Å²) in [6, 6.07) is 2.34. The van der Waals surface area contributed by atoms with Crippen LogP contribution < -0.4 is 5.73 Å². The van der Waals surface area contributed by atoms with Crippen LogP contribution in [0.2, 0.25) is 0 Å². The highest BCUT2D eigenvalue weighted by Crippen LogP contribution is 2.27. The molecule has 1 unspecified atom stereocenters. The normalized spacial score (nSPS) is 12.6. The van der Waals surface area contributed by atoms with Crippen LogP contribution in [-0.4, -0.2) is 16.0 Å². The first kappa shape index (κ1) is 13.1. The number of hydrogen-bond acceptors (Lipinski definition) is 5. The third-order valence-electron chi connectivity index (χ3n) is 2.70. The molecule has 0 fully saturated rings. The highest BCUT2D eigenvalue weighted by atomic mass is 32.2. The smallest absolute Gasteiger partial charge is 0.261 e. The summed E-state index contributed by atoms with van der Waals surface area (Å²) in [5.74, 6) is 0. The Morgan fingerprint density at radius 1 is 1.44 bits per heavy atom. The minimum atomic E-state index is 0.205. The SMILES string of the molecule is CCC(N)Cc1cnc(Sc2ncco2)c(C)c1. The quantitative estimate of drug-likeness (QED) is 0.898. The largest absolute Gasteiger partial charge is 0.440 e. The van der Waals surface area contributed by atoms with Crippen molar-refractivity contribution in [1.82, 2.24) is 9.97 Å². The van der Waals surface area contributed by atoms with Gasteiger partial charge in [0.25, 0.3) is 5.22 Å². The maximum Gasteiger partial charge on any atom is 0.261 e. The molecule has 2 heterocycles. The first-order valence-corrected chi connectivity index (χ1v) is 6.79. The zero-order chi connectivity index (χ0) is 13.0. The molecular weight excluding hydrogens is 246 g/mol. The van der Waals surface area contributed by atoms with Crippen LogP contribution in [0.5, 0.6) is 0 Å². The third kappa shape index (κ3) is 3.34. The Morgan fingerprint density at radius 2 is 2.28 bits per heavy atom. The number of nitrogens with zero attached hydrogens (tertiary/aromatic N) is 2. The number of rotatable bonds is 5. The van der Waals surface area contributed by atoms with Crippen molar-refractivity contribution in [2.24, 2.45) is 5.73 Å². The lowest BCUT2D eigenvalue weighted by atomic mass is 10.1. The van der Waals surface area contributed by atoms with Crippen molar-refractivity contribution in [3.05, 3.63) is 35.9 Å². The second kappa shape index (κ2) is 6.02. The van der Waals surface area contributed by atoms with Gasteiger partial charge < -0.3 is 10.2 Å². The Balaban J connectivity index is 2.10. The summed E-state index contributed by atoms with van der Waals surface area (Å²) in [4.78, 5) is 8.52. The van der Waals surface area contributed by atoms with Gasteiger partial charge in [-0.05, 0) is 42.7 Å². The zero-order valence-electron chi connectivity index (χ0n) is 10.6. The van der Waals surface area contributed by atoms with Crippen LogP contribution in [0, 0.1) is 6.92 Å². The van der Waals surface area contributed by atoms with E-state index >= 15 is 0 Å². The molecule has 0 amide bonds. The fourth-order valence-electron chi connectivity index (χ4n) is 1.63. The van der Waals surface area contributed by atoms with Crippen LogP contribution >= 0.6 is 11.8 Å². The fraction of sp³-hybridized carbons (Fsp3) is 0.385. The van der Waals surface area contributed by atoms with Crippen LogP contribution in [-0.2, 0) is 6.42 Å². The molecule has 18 heavy (non-hydrogen) atoms. The molecule has 2 N–H and O–H groups in total. The van der Waals surface area contributed by atoms with Gasteiger partial charge in [-0.25, -0.2) is 9.97 Å². The van der Waals surface area contributed by atoms with Gasteiger partial charge in [0.2, 0.25) is 0 Å². The summed E-state index contributed by atoms with van der Waals surface area (Å²) in [6.45, 7) is 4.14. The molecule has 0 aliphatic carbocycles. The van der Waals surface area contributed by atoms with Gasteiger partial charge in [0, 0.05) is 12.2 Å². The van der Waals surface area contributed by atoms with Crippen molar-refractivity contribution in [3.8, 4) is 0 Å². The summed E-state index contributed by atoms with van der Waals surface area (Å²) in [6.07, 6.45) is 6.92. The molecule has 2 aromatic heterocycles. The Morgan fingerprint density at radius 3 is 2.89 bits per heavy atom. The second-order valence-corrected chi connectivity index (χ2v) is 5.18. The topological polar surface area (TPSA) is 64.9 Å². The maximum absolute atomic E-state index is 5.94. The third-order valence-corrected chi connectivity index (χ3v) is 3.70. The van der Waals surface area contributed by atoms with Crippen LogP contribution in [0.3, 0.4) is 0 Å². The van der Waals surface area contributed by atoms with Crippen LogP contribution in [0.25, 0.3) is 0 Å². The van der Waals surface area contributed by atoms with Crippen molar-refractivity contribution in [3.63, 3.8) is 0 Å². The van der Waals surface area contributed by atoms with Gasteiger partial charge in [-0.3, -0.25) is 0 Å². The van der Waals surface area contributed by atoms with Gasteiger partial charge in [-0.2, -0.15) is 0 Å². The van der Waals surface area contributed by atoms with Crippen molar-refractivity contribution >= 4 is 11.8 Å². The van der Waals surface area contributed by atoms with Crippen molar-refractivity contribution in [2.45, 2.75) is 43.0 Å². The average Bonchev–Trinajstić information content (AvgIpc) is 2.85. The Bertz CT molecular complexity index is 499. The highest BCUT2D eigenvalue weighted by Gasteiger charge is 2.08. The summed E-state index contributed by atoms with van der Waals surface area (Å²) in [7, 11) is 0. The van der Waals surface area contributed by atoms with E-state index in [9.17, 15) is 0 Å². The summed E-state index contributed by atoms with van der Waals surface area (Å²) in [5.41, 5.74) is 8.25. The summed E-state index contributed by atoms with van der Waals surface area (Å²) >= 11 is 1.43. The zero-order valence-corrected chi connectivity index (χ0v) is 11.4. The van der Waals surface area contributed by atoms with E-state index in [1.165, 1.54) is 17.3 Å². The predicted molar refractivity (Wildman–Crippen MR) is 71.6 cm³/mol. The lowest BCUT2D eigenvalue weighted by Crippen LogP contribution is -2.21. The predicted octanol–water partition coefficient (Wildman–Crippen LogP) is 2.81. The standard InChI is InChI=1S/C13H17N3OS/c1-3-11(14)7-10-6-9(2)12(16-8-10)18-13-15-4-5-17-13/h4-6,8,11H,3,7,14H2,1-2H3. The van der Waals surface area contributed by atoms with Gasteiger partial charge >= 0.3 is 0 Å². The second-order valence-electron chi connectivity index (χ2n) is 4.24. The molecule has 2 aromatic rings. The molecule has 0 aromatic carbocycles. The lowest BCUT2D eigenvalue weighted by molar-refractivity contribution is 0.454. The van der Waals surface area contributed by atoms with Gasteiger partial charge in [-0.15, -0.1) is 0 Å². The molecule has 0 aliphatic heterocycles. The molecule has 0 aliphatic rings. The Hall–Kier alpha value is -1.33. The van der Waals surface area contributed by atoms with Crippen molar-refractivity contribution in [2.75, 3.05) is 0 Å². The molecule has 96 valence electrons. The first-order chi connectivity index (χ1) is 8.69. The molecule has 0 radical (unpaired) electrons. The van der Waals surface area contributed by atoms with Crippen LogP contribution in [0.15, 0.2) is 39.4 Å². The number of oxazole rings is 1. The van der Waals surface area contributed by atoms with Gasteiger partial charge in [0.1, 0.15) is 11.3 Å². The molecular formula is C13H17N3OS. The first-order valence-electron chi connectivity index (χ1n) is 5.97. The summed E-state index contributed by atoms with van der Waals surface area (Å²) in [5, 5.41) is 1.54. The molecule has 5 heteroatoms. The van der Waals surface area contributed by atoms with Gasteiger partial charge in [0.05, 0.1) is 6.20 Å². The molecule has 4 nitrogen and oxygen atoms in total. The van der Waals surface area contributed by atoms with E-state index in [1.54, 1.807) is 12.5 Å². The van der Waals surface area contributed by atoms with E-state index in [0.29, 0.717) is 5.22 Å². The minimum Gasteiger partial charge on any atom is -0.440 e.